The van der Waals surface area contributed by atoms with Gasteiger partial charge in [-0.3, -0.25) is 4.79 Å². The molecule has 0 bridgehead atoms. The minimum atomic E-state index is -2.41. The Morgan fingerprint density at radius 2 is 1.24 bits per heavy atom. The van der Waals surface area contributed by atoms with E-state index in [9.17, 15) is 4.79 Å². The van der Waals surface area contributed by atoms with Crippen LogP contribution >= 0.6 is 6.89 Å². The van der Waals surface area contributed by atoms with Crippen LogP contribution in [0.2, 0.25) is 0 Å². The summed E-state index contributed by atoms with van der Waals surface area (Å²) in [5, 5.41) is 3.46. The highest BCUT2D eigenvalue weighted by Gasteiger charge is 2.40. The van der Waals surface area contributed by atoms with E-state index >= 15 is 0 Å². The summed E-state index contributed by atoms with van der Waals surface area (Å²) in [5.41, 5.74) is 2.18. The summed E-state index contributed by atoms with van der Waals surface area (Å²) in [4.78, 5) is 14.3. The fraction of sp³-hybridized carbons (Fsp3) is 0.256. The summed E-state index contributed by atoms with van der Waals surface area (Å²) in [5.74, 6) is 2.88. The number of benzene rings is 5. The topological polar surface area (TPSA) is 54.0 Å². The Labute approximate surface area is 290 Å². The fourth-order valence-corrected chi connectivity index (χ4v) is 10.5. The van der Waals surface area contributed by atoms with Crippen LogP contribution in [-0.4, -0.2) is 43.6 Å². The lowest BCUT2D eigenvalue weighted by Gasteiger charge is -2.29. The van der Waals surface area contributed by atoms with E-state index in [4.69, 9.17) is 18.9 Å². The summed E-state index contributed by atoms with van der Waals surface area (Å²) in [7, 11) is 1.66. The molecule has 0 unspecified atom stereocenters. The Balaban J connectivity index is 1.25. The maximum Gasteiger partial charge on any atom is 0.157 e. The molecule has 6 heteroatoms. The lowest BCUT2D eigenvalue weighted by molar-refractivity contribution is -0.116. The van der Waals surface area contributed by atoms with Gasteiger partial charge in [0, 0.05) is 12.8 Å². The Kier molecular flexibility index (Phi) is 11.9. The van der Waals surface area contributed by atoms with E-state index in [1.807, 2.05) is 66.5 Å². The molecule has 1 aliphatic rings. The minimum Gasteiger partial charge on any atom is -0.497 e. The van der Waals surface area contributed by atoms with E-state index in [0.717, 1.165) is 32.8 Å². The Bertz CT molecular complexity index is 1690. The van der Waals surface area contributed by atoms with Crippen LogP contribution in [0.15, 0.2) is 146 Å². The summed E-state index contributed by atoms with van der Waals surface area (Å²) in [6.45, 7) is 1.14. The summed E-state index contributed by atoms with van der Waals surface area (Å²) in [6.07, 6.45) is 0.498. The van der Waals surface area contributed by atoms with Gasteiger partial charge in [-0.05, 0) is 57.8 Å². The molecule has 5 nitrogen and oxygen atoms in total. The first kappa shape index (κ1) is 34.6. The molecule has 0 spiro atoms. The molecule has 0 saturated carbocycles. The van der Waals surface area contributed by atoms with Gasteiger partial charge in [-0.25, -0.2) is 0 Å². The Hall–Kier alpha value is -4.25. The molecule has 49 heavy (non-hydrogen) atoms. The van der Waals surface area contributed by atoms with Gasteiger partial charge < -0.3 is 18.9 Å². The molecule has 1 fully saturated rings. The summed E-state index contributed by atoms with van der Waals surface area (Å²) in [6, 6.07) is 49.5. The van der Waals surface area contributed by atoms with Crippen LogP contribution in [0, 0.1) is 5.92 Å². The van der Waals surface area contributed by atoms with Gasteiger partial charge in [-0.15, -0.1) is 0 Å². The third-order valence-corrected chi connectivity index (χ3v) is 13.2. The van der Waals surface area contributed by atoms with Crippen molar-refractivity contribution < 1.29 is 23.7 Å². The van der Waals surface area contributed by atoms with Gasteiger partial charge in [0.25, 0.3) is 0 Å². The van der Waals surface area contributed by atoms with Gasteiger partial charge in [-0.2, -0.15) is 0 Å². The number of methoxy groups -OCH3 is 1. The molecule has 6 rings (SSSR count). The van der Waals surface area contributed by atoms with Gasteiger partial charge in [0.2, 0.25) is 0 Å². The van der Waals surface area contributed by atoms with Crippen LogP contribution in [0.4, 0.5) is 0 Å². The average Bonchev–Trinajstić information content (AvgIpc) is 3.58. The highest BCUT2D eigenvalue weighted by molar-refractivity contribution is 7.95. The molecule has 0 radical (unpaired) electrons. The standard InChI is InChI=1S/C43H45O5P/c1-33(27-36(44)32-49(39-17-9-4-10-18-39,40-19-11-5-12-20-40)41-21-13-6-14-22-41)43-42(47-30-35-23-25-37(45-2)26-24-35)28-38(48-43)31-46-29-34-15-7-3-8-16-34/h3-26,32-33,38,42-43H,27-31H2,1-2H3/t33-,38-,42-,43-/m0/s1. The number of hydrogen-bond acceptors (Lipinski definition) is 5. The summed E-state index contributed by atoms with van der Waals surface area (Å²) < 4.78 is 24.6. The van der Waals surface area contributed by atoms with Crippen LogP contribution in [-0.2, 0) is 32.2 Å². The second kappa shape index (κ2) is 16.9. The first-order valence-electron chi connectivity index (χ1n) is 17.0. The molecule has 1 saturated heterocycles. The van der Waals surface area contributed by atoms with Crippen molar-refractivity contribution in [3.63, 3.8) is 0 Å². The molecule has 5 aromatic rings. The third-order valence-electron chi connectivity index (χ3n) is 9.16. The second-order valence-corrected chi connectivity index (χ2v) is 15.9. The first-order valence-corrected chi connectivity index (χ1v) is 18.9. The zero-order valence-electron chi connectivity index (χ0n) is 28.3. The number of ether oxygens (including phenoxy) is 4. The number of carbonyl (C=O) groups is 1. The third kappa shape index (κ3) is 8.68. The lowest BCUT2D eigenvalue weighted by atomic mass is 9.94. The highest BCUT2D eigenvalue weighted by atomic mass is 31.2. The van der Waals surface area contributed by atoms with Crippen molar-refractivity contribution in [3.8, 4) is 5.75 Å². The molecule has 4 atom stereocenters. The van der Waals surface area contributed by atoms with Crippen molar-refractivity contribution in [2.75, 3.05) is 13.7 Å². The fourth-order valence-electron chi connectivity index (χ4n) is 6.70. The van der Waals surface area contributed by atoms with Crippen LogP contribution in [0.25, 0.3) is 0 Å². The number of rotatable bonds is 15. The second-order valence-electron chi connectivity index (χ2n) is 12.7. The number of Topliss-reactive ketones (excluding diaryl/α,β-unsaturated/α-hetero) is 1. The van der Waals surface area contributed by atoms with Crippen LogP contribution < -0.4 is 20.7 Å². The van der Waals surface area contributed by atoms with Crippen LogP contribution in [0.5, 0.6) is 5.75 Å². The van der Waals surface area contributed by atoms with E-state index in [1.165, 1.54) is 0 Å². The lowest BCUT2D eigenvalue weighted by Crippen LogP contribution is -2.33. The average molecular weight is 673 g/mol. The Morgan fingerprint density at radius 3 is 1.78 bits per heavy atom. The smallest absolute Gasteiger partial charge is 0.157 e. The predicted molar refractivity (Wildman–Crippen MR) is 201 cm³/mol. The van der Waals surface area contributed by atoms with E-state index in [-0.39, 0.29) is 30.0 Å². The molecule has 0 amide bonds. The largest absolute Gasteiger partial charge is 0.497 e. The monoisotopic (exact) mass is 672 g/mol. The molecule has 0 aliphatic carbocycles. The van der Waals surface area contributed by atoms with Gasteiger partial charge >= 0.3 is 0 Å². The zero-order chi connectivity index (χ0) is 33.9. The van der Waals surface area contributed by atoms with Crippen molar-refractivity contribution >= 4 is 34.4 Å². The maximum absolute atomic E-state index is 14.3. The zero-order valence-corrected chi connectivity index (χ0v) is 29.2. The van der Waals surface area contributed by atoms with Crippen molar-refractivity contribution in [2.24, 2.45) is 5.92 Å². The van der Waals surface area contributed by atoms with Crippen LogP contribution in [0.3, 0.4) is 0 Å². The quantitative estimate of drug-likeness (QED) is 0.109. The molecular formula is C43H45O5P. The van der Waals surface area contributed by atoms with E-state index < -0.39 is 6.89 Å². The van der Waals surface area contributed by atoms with Gasteiger partial charge in [0.05, 0.1) is 45.2 Å². The number of hydrogen-bond donors (Lipinski definition) is 0. The van der Waals surface area contributed by atoms with Gasteiger partial charge in [0.1, 0.15) is 5.75 Å². The van der Waals surface area contributed by atoms with E-state index in [0.29, 0.717) is 32.7 Å². The highest BCUT2D eigenvalue weighted by Crippen LogP contribution is 2.44. The molecule has 5 aromatic carbocycles. The molecule has 1 heterocycles. The molecule has 252 valence electrons. The van der Waals surface area contributed by atoms with Crippen LogP contribution in [0.1, 0.15) is 30.9 Å². The molecular weight excluding hydrogens is 627 g/mol. The minimum absolute atomic E-state index is 0.0760. The van der Waals surface area contributed by atoms with Gasteiger partial charge in [-0.1, -0.05) is 140 Å². The molecule has 0 N–H and O–H groups in total. The van der Waals surface area contributed by atoms with E-state index in [1.54, 1.807) is 7.11 Å². The number of carbonyl (C=O) groups excluding carboxylic acids is 1. The van der Waals surface area contributed by atoms with Crippen molar-refractivity contribution in [3.05, 3.63) is 157 Å². The van der Waals surface area contributed by atoms with Crippen molar-refractivity contribution in [2.45, 2.75) is 51.3 Å². The van der Waals surface area contributed by atoms with Crippen molar-refractivity contribution in [1.29, 1.82) is 0 Å². The first-order chi connectivity index (χ1) is 24.0. The predicted octanol–water partition coefficient (Wildman–Crippen LogP) is 7.35. The number of ketones is 1. The van der Waals surface area contributed by atoms with E-state index in [2.05, 4.69) is 91.9 Å². The van der Waals surface area contributed by atoms with Crippen molar-refractivity contribution in [1.82, 2.24) is 0 Å². The maximum atomic E-state index is 14.3. The summed E-state index contributed by atoms with van der Waals surface area (Å²) >= 11 is 0. The molecule has 1 aliphatic heterocycles. The van der Waals surface area contributed by atoms with Gasteiger partial charge in [0.15, 0.2) is 5.78 Å². The molecule has 0 aromatic heterocycles. The normalized spacial score (nSPS) is 18.1. The Morgan fingerprint density at radius 1 is 0.735 bits per heavy atom. The SMILES string of the molecule is COc1ccc(CO[C@H]2C[C@@H](COCc3ccccc3)O[C@H]2[C@@H](C)CC(=O)C=P(c2ccccc2)(c2ccccc2)c2ccccc2)cc1.